The first-order valence-corrected chi connectivity index (χ1v) is 12.9. The minimum atomic E-state index is -3.63. The van der Waals surface area contributed by atoms with Crippen molar-refractivity contribution in [1.82, 2.24) is 14.5 Å². The number of rotatable bonds is 8. The lowest BCUT2D eigenvalue weighted by atomic mass is 9.92. The molecule has 172 valence electrons. The van der Waals surface area contributed by atoms with Crippen molar-refractivity contribution in [2.75, 3.05) is 32.7 Å². The van der Waals surface area contributed by atoms with E-state index < -0.39 is 10.0 Å². The van der Waals surface area contributed by atoms with Crippen LogP contribution in [0, 0.1) is 5.92 Å². The number of carbonyl (C=O) groups is 2. The number of sulfonamides is 1. The number of nitrogens with one attached hydrogen (secondary N) is 1. The number of carbonyl (C=O) groups excluding carboxylic acids is 2. The Bertz CT molecular complexity index is 890. The molecule has 0 unspecified atom stereocenters. The molecule has 1 saturated heterocycles. The number of hydrogen-bond acceptors (Lipinski definition) is 4. The highest BCUT2D eigenvalue weighted by Crippen LogP contribution is 2.24. The third-order valence-electron chi connectivity index (χ3n) is 6.18. The second-order valence-corrected chi connectivity index (χ2v) is 10.7. The van der Waals surface area contributed by atoms with Gasteiger partial charge in [0.2, 0.25) is 21.8 Å². The lowest BCUT2D eigenvalue weighted by Gasteiger charge is -2.35. The number of hydrogen-bond donors (Lipinski definition) is 1. The Morgan fingerprint density at radius 2 is 1.52 bits per heavy atom. The number of fused-ring (bicyclic) bond motifs is 1. The summed E-state index contributed by atoms with van der Waals surface area (Å²) < 4.78 is 27.8. The quantitative estimate of drug-likeness (QED) is 0.660. The Morgan fingerprint density at radius 1 is 0.935 bits per heavy atom. The van der Waals surface area contributed by atoms with E-state index in [-0.39, 0.29) is 29.7 Å². The summed E-state index contributed by atoms with van der Waals surface area (Å²) in [5, 5.41) is 0. The van der Waals surface area contributed by atoms with Crippen LogP contribution in [0.3, 0.4) is 0 Å². The van der Waals surface area contributed by atoms with Gasteiger partial charge in [0.1, 0.15) is 0 Å². The SMILES string of the molecule is CC(C)CCC(=O)N1CCN(C(=O)CCNS(=O)(=O)c2ccc3c(c2)CCCC3)CC1. The molecule has 0 saturated carbocycles. The average Bonchev–Trinajstić information content (AvgIpc) is 2.77. The largest absolute Gasteiger partial charge is 0.339 e. The predicted octanol–water partition coefficient (Wildman–Crippen LogP) is 2.34. The van der Waals surface area contributed by atoms with E-state index in [2.05, 4.69) is 18.6 Å². The molecular formula is C23H35N3O4S. The summed E-state index contributed by atoms with van der Waals surface area (Å²) in [4.78, 5) is 28.5. The van der Waals surface area contributed by atoms with E-state index in [1.54, 1.807) is 17.0 Å². The van der Waals surface area contributed by atoms with Crippen molar-refractivity contribution in [3.8, 4) is 0 Å². The maximum Gasteiger partial charge on any atom is 0.240 e. The molecule has 1 heterocycles. The van der Waals surface area contributed by atoms with Crippen LogP contribution in [0.2, 0.25) is 0 Å². The number of amides is 2. The minimum absolute atomic E-state index is 0.0752. The summed E-state index contributed by atoms with van der Waals surface area (Å²) in [5.41, 5.74) is 2.35. The van der Waals surface area contributed by atoms with Gasteiger partial charge in [-0.25, -0.2) is 13.1 Å². The fraction of sp³-hybridized carbons (Fsp3) is 0.652. The van der Waals surface area contributed by atoms with Gasteiger partial charge in [0.15, 0.2) is 0 Å². The third-order valence-corrected chi connectivity index (χ3v) is 7.64. The summed E-state index contributed by atoms with van der Waals surface area (Å²) in [6, 6.07) is 5.34. The van der Waals surface area contributed by atoms with E-state index in [1.807, 2.05) is 11.0 Å². The standard InChI is InChI=1S/C23H35N3O4S/c1-18(2)7-10-22(27)25-13-15-26(16-14-25)23(28)11-12-24-31(29,30)21-9-8-19-5-3-4-6-20(19)17-21/h8-9,17-18,24H,3-7,10-16H2,1-2H3. The smallest absolute Gasteiger partial charge is 0.240 e. The monoisotopic (exact) mass is 449 g/mol. The zero-order chi connectivity index (χ0) is 22.4. The molecule has 0 radical (unpaired) electrons. The molecule has 7 nitrogen and oxygen atoms in total. The van der Waals surface area contributed by atoms with E-state index in [0.29, 0.717) is 38.5 Å². The van der Waals surface area contributed by atoms with Crippen molar-refractivity contribution < 1.29 is 18.0 Å². The van der Waals surface area contributed by atoms with Gasteiger partial charge in [-0.2, -0.15) is 0 Å². The van der Waals surface area contributed by atoms with Crippen LogP contribution in [0.4, 0.5) is 0 Å². The van der Waals surface area contributed by atoms with Gasteiger partial charge in [0.05, 0.1) is 4.90 Å². The van der Waals surface area contributed by atoms with Crippen molar-refractivity contribution in [3.05, 3.63) is 29.3 Å². The second-order valence-electron chi connectivity index (χ2n) is 8.98. The summed E-state index contributed by atoms with van der Waals surface area (Å²) in [6.07, 6.45) is 5.72. The Hall–Kier alpha value is -1.93. The highest BCUT2D eigenvalue weighted by atomic mass is 32.2. The number of aryl methyl sites for hydroxylation is 2. The van der Waals surface area contributed by atoms with Crippen LogP contribution in [0.1, 0.15) is 57.1 Å². The van der Waals surface area contributed by atoms with Crippen molar-refractivity contribution in [1.29, 1.82) is 0 Å². The fourth-order valence-corrected chi connectivity index (χ4v) is 5.27. The minimum Gasteiger partial charge on any atom is -0.339 e. The Balaban J connectivity index is 1.43. The van der Waals surface area contributed by atoms with Crippen LogP contribution >= 0.6 is 0 Å². The van der Waals surface area contributed by atoms with Gasteiger partial charge < -0.3 is 9.80 Å². The Morgan fingerprint density at radius 3 is 2.13 bits per heavy atom. The van der Waals surface area contributed by atoms with Gasteiger partial charge in [0, 0.05) is 45.6 Å². The summed E-state index contributed by atoms with van der Waals surface area (Å²) in [5.74, 6) is 0.568. The molecule has 1 aromatic rings. The molecule has 31 heavy (non-hydrogen) atoms. The Labute approximate surface area is 186 Å². The molecule has 1 aliphatic heterocycles. The lowest BCUT2D eigenvalue weighted by molar-refractivity contribution is -0.139. The molecule has 0 aromatic heterocycles. The van der Waals surface area contributed by atoms with E-state index in [4.69, 9.17) is 0 Å². The second kappa shape index (κ2) is 10.6. The van der Waals surface area contributed by atoms with Crippen molar-refractivity contribution >= 4 is 21.8 Å². The molecule has 1 aromatic carbocycles. The van der Waals surface area contributed by atoms with E-state index >= 15 is 0 Å². The van der Waals surface area contributed by atoms with Crippen LogP contribution in [-0.4, -0.2) is 62.8 Å². The first-order valence-electron chi connectivity index (χ1n) is 11.4. The maximum absolute atomic E-state index is 12.6. The molecule has 1 fully saturated rings. The van der Waals surface area contributed by atoms with E-state index in [9.17, 15) is 18.0 Å². The maximum atomic E-state index is 12.6. The lowest BCUT2D eigenvalue weighted by Crippen LogP contribution is -2.51. The average molecular weight is 450 g/mol. The molecule has 0 atom stereocenters. The van der Waals surface area contributed by atoms with Crippen molar-refractivity contribution in [2.24, 2.45) is 5.92 Å². The highest BCUT2D eigenvalue weighted by Gasteiger charge is 2.24. The van der Waals surface area contributed by atoms with E-state index in [1.165, 1.54) is 5.56 Å². The molecule has 8 heteroatoms. The summed E-state index contributed by atoms with van der Waals surface area (Å²) in [7, 11) is -3.63. The van der Waals surface area contributed by atoms with Gasteiger partial charge in [0.25, 0.3) is 0 Å². The summed E-state index contributed by atoms with van der Waals surface area (Å²) in [6.45, 7) is 6.37. The topological polar surface area (TPSA) is 86.8 Å². The molecule has 0 spiro atoms. The van der Waals surface area contributed by atoms with Crippen molar-refractivity contribution in [2.45, 2.75) is 63.7 Å². The summed E-state index contributed by atoms with van der Waals surface area (Å²) >= 11 is 0. The molecule has 2 amide bonds. The first-order chi connectivity index (χ1) is 14.8. The first kappa shape index (κ1) is 23.7. The van der Waals surface area contributed by atoms with Gasteiger partial charge >= 0.3 is 0 Å². The van der Waals surface area contributed by atoms with Gasteiger partial charge in [-0.05, 0) is 61.3 Å². The van der Waals surface area contributed by atoms with Gasteiger partial charge in [-0.1, -0.05) is 19.9 Å². The zero-order valence-electron chi connectivity index (χ0n) is 18.7. The van der Waals surface area contributed by atoms with E-state index in [0.717, 1.165) is 37.7 Å². The van der Waals surface area contributed by atoms with Crippen LogP contribution in [0.15, 0.2) is 23.1 Å². The third kappa shape index (κ3) is 6.53. The van der Waals surface area contributed by atoms with Crippen LogP contribution in [0.25, 0.3) is 0 Å². The zero-order valence-corrected chi connectivity index (χ0v) is 19.5. The fourth-order valence-electron chi connectivity index (χ4n) is 4.19. The Kier molecular flexibility index (Phi) is 8.11. The number of piperazine rings is 1. The van der Waals surface area contributed by atoms with Crippen molar-refractivity contribution in [3.63, 3.8) is 0 Å². The molecular weight excluding hydrogens is 414 g/mol. The molecule has 3 rings (SSSR count). The predicted molar refractivity (Wildman–Crippen MR) is 120 cm³/mol. The van der Waals surface area contributed by atoms with Gasteiger partial charge in [-0.3, -0.25) is 9.59 Å². The van der Waals surface area contributed by atoms with Crippen LogP contribution in [0.5, 0.6) is 0 Å². The van der Waals surface area contributed by atoms with Crippen LogP contribution < -0.4 is 4.72 Å². The molecule has 2 aliphatic rings. The van der Waals surface area contributed by atoms with Gasteiger partial charge in [-0.15, -0.1) is 0 Å². The highest BCUT2D eigenvalue weighted by molar-refractivity contribution is 7.89. The van der Waals surface area contributed by atoms with Crippen LogP contribution in [-0.2, 0) is 32.5 Å². The molecule has 1 aliphatic carbocycles. The number of nitrogens with zero attached hydrogens (tertiary/aromatic N) is 2. The normalized spacial score (nSPS) is 17.0. The molecule has 0 bridgehead atoms. The number of benzene rings is 1. The molecule has 1 N–H and O–H groups in total.